The number of hydrogen-bond donors (Lipinski definition) is 1. The second kappa shape index (κ2) is 6.05. The summed E-state index contributed by atoms with van der Waals surface area (Å²) < 4.78 is 53.3. The molecule has 0 bridgehead atoms. The number of rotatable bonds is 4. The molecule has 2 aromatic carbocycles. The van der Waals surface area contributed by atoms with Crippen LogP contribution < -0.4 is 5.32 Å². The van der Waals surface area contributed by atoms with Crippen LogP contribution in [0.2, 0.25) is 0 Å². The van der Waals surface area contributed by atoms with Gasteiger partial charge in [0.15, 0.2) is 0 Å². The van der Waals surface area contributed by atoms with Crippen LogP contribution in [0, 0.1) is 23.3 Å². The van der Waals surface area contributed by atoms with Gasteiger partial charge in [-0.2, -0.15) is 0 Å². The first-order chi connectivity index (χ1) is 9.51. The lowest BCUT2D eigenvalue weighted by atomic mass is 9.98. The second-order valence-corrected chi connectivity index (χ2v) is 4.45. The Labute approximate surface area is 114 Å². The van der Waals surface area contributed by atoms with Crippen molar-refractivity contribution in [2.75, 3.05) is 7.05 Å². The first-order valence-electron chi connectivity index (χ1n) is 6.07. The highest BCUT2D eigenvalue weighted by atomic mass is 19.1. The van der Waals surface area contributed by atoms with Crippen molar-refractivity contribution >= 4 is 0 Å². The molecule has 5 heteroatoms. The van der Waals surface area contributed by atoms with E-state index in [0.717, 1.165) is 30.3 Å². The first-order valence-corrected chi connectivity index (χ1v) is 6.07. The molecule has 0 aliphatic rings. The Morgan fingerprint density at radius 1 is 0.900 bits per heavy atom. The highest BCUT2D eigenvalue weighted by molar-refractivity contribution is 5.26. The van der Waals surface area contributed by atoms with E-state index in [1.165, 1.54) is 6.07 Å². The Kier molecular flexibility index (Phi) is 4.39. The van der Waals surface area contributed by atoms with Crippen molar-refractivity contribution in [2.45, 2.75) is 12.5 Å². The van der Waals surface area contributed by atoms with Crippen molar-refractivity contribution in [3.63, 3.8) is 0 Å². The van der Waals surface area contributed by atoms with Crippen molar-refractivity contribution in [3.8, 4) is 0 Å². The van der Waals surface area contributed by atoms with Crippen molar-refractivity contribution in [2.24, 2.45) is 0 Å². The largest absolute Gasteiger partial charge is 0.313 e. The summed E-state index contributed by atoms with van der Waals surface area (Å²) >= 11 is 0. The quantitative estimate of drug-likeness (QED) is 0.843. The fraction of sp³-hybridized carbons (Fsp3) is 0.200. The molecule has 0 saturated heterocycles. The van der Waals surface area contributed by atoms with Gasteiger partial charge in [0.25, 0.3) is 0 Å². The van der Waals surface area contributed by atoms with Gasteiger partial charge in [-0.05, 0) is 43.3 Å². The Morgan fingerprint density at radius 3 is 2.20 bits per heavy atom. The third-order valence-corrected chi connectivity index (χ3v) is 3.12. The molecular weight excluding hydrogens is 270 g/mol. The molecule has 0 fully saturated rings. The third-order valence-electron chi connectivity index (χ3n) is 3.12. The molecule has 0 spiro atoms. The number of likely N-dealkylation sites (N-methyl/N-ethyl adjacent to an activating group) is 1. The lowest BCUT2D eigenvalue weighted by Crippen LogP contribution is -2.20. The topological polar surface area (TPSA) is 12.0 Å². The van der Waals surface area contributed by atoms with Gasteiger partial charge in [0.05, 0.1) is 0 Å². The highest BCUT2D eigenvalue weighted by Gasteiger charge is 2.17. The summed E-state index contributed by atoms with van der Waals surface area (Å²) in [4.78, 5) is 0. The molecule has 106 valence electrons. The van der Waals surface area contributed by atoms with E-state index >= 15 is 0 Å². The normalized spacial score (nSPS) is 12.4. The zero-order chi connectivity index (χ0) is 14.7. The molecule has 0 radical (unpaired) electrons. The van der Waals surface area contributed by atoms with Crippen molar-refractivity contribution in [3.05, 3.63) is 70.8 Å². The molecular formula is C15H13F4N. The first kappa shape index (κ1) is 14.5. The number of benzene rings is 2. The molecule has 20 heavy (non-hydrogen) atoms. The van der Waals surface area contributed by atoms with Gasteiger partial charge < -0.3 is 5.32 Å². The monoisotopic (exact) mass is 283 g/mol. The van der Waals surface area contributed by atoms with E-state index in [1.807, 2.05) is 0 Å². The Hall–Kier alpha value is -1.88. The number of halogens is 4. The van der Waals surface area contributed by atoms with Crippen LogP contribution in [-0.4, -0.2) is 7.05 Å². The van der Waals surface area contributed by atoms with Crippen molar-refractivity contribution in [1.29, 1.82) is 0 Å². The maximum Gasteiger partial charge on any atom is 0.130 e. The zero-order valence-electron chi connectivity index (χ0n) is 10.8. The van der Waals surface area contributed by atoms with Crippen LogP contribution in [0.1, 0.15) is 17.2 Å². The molecule has 1 atom stereocenters. The van der Waals surface area contributed by atoms with E-state index in [4.69, 9.17) is 0 Å². The van der Waals surface area contributed by atoms with Gasteiger partial charge in [0, 0.05) is 17.7 Å². The summed E-state index contributed by atoms with van der Waals surface area (Å²) in [7, 11) is 1.57. The lowest BCUT2D eigenvalue weighted by molar-refractivity contribution is 0.508. The fourth-order valence-corrected chi connectivity index (χ4v) is 2.07. The lowest BCUT2D eigenvalue weighted by Gasteiger charge is -2.18. The molecule has 1 N–H and O–H groups in total. The van der Waals surface area contributed by atoms with Gasteiger partial charge in [0.2, 0.25) is 0 Å². The molecule has 0 heterocycles. The van der Waals surface area contributed by atoms with E-state index in [9.17, 15) is 17.6 Å². The molecule has 1 nitrogen and oxygen atoms in total. The van der Waals surface area contributed by atoms with Crippen LogP contribution in [-0.2, 0) is 6.42 Å². The summed E-state index contributed by atoms with van der Waals surface area (Å²) in [6.07, 6.45) is 0.0582. The fourth-order valence-electron chi connectivity index (χ4n) is 2.07. The van der Waals surface area contributed by atoms with Gasteiger partial charge in [-0.3, -0.25) is 0 Å². The summed E-state index contributed by atoms with van der Waals surface area (Å²) in [6.45, 7) is 0. The van der Waals surface area contributed by atoms with Crippen LogP contribution in [0.3, 0.4) is 0 Å². The van der Waals surface area contributed by atoms with Crippen LogP contribution in [0.15, 0.2) is 36.4 Å². The highest BCUT2D eigenvalue weighted by Crippen LogP contribution is 2.23. The van der Waals surface area contributed by atoms with E-state index in [1.54, 1.807) is 7.05 Å². The minimum atomic E-state index is -0.721. The summed E-state index contributed by atoms with van der Waals surface area (Å²) in [5.41, 5.74) is 0.339. The van der Waals surface area contributed by atoms with E-state index < -0.39 is 29.3 Å². The summed E-state index contributed by atoms with van der Waals surface area (Å²) in [6, 6.07) is 5.73. The Balaban J connectivity index is 2.31. The van der Waals surface area contributed by atoms with Gasteiger partial charge in [-0.25, -0.2) is 17.6 Å². The molecule has 0 amide bonds. The molecule has 0 aliphatic carbocycles. The number of hydrogen-bond acceptors (Lipinski definition) is 1. The van der Waals surface area contributed by atoms with Gasteiger partial charge in [-0.1, -0.05) is 6.07 Å². The van der Waals surface area contributed by atoms with Gasteiger partial charge >= 0.3 is 0 Å². The minimum Gasteiger partial charge on any atom is -0.313 e. The van der Waals surface area contributed by atoms with Gasteiger partial charge in [0.1, 0.15) is 23.3 Å². The van der Waals surface area contributed by atoms with Gasteiger partial charge in [-0.15, -0.1) is 0 Å². The smallest absolute Gasteiger partial charge is 0.130 e. The average molecular weight is 283 g/mol. The standard InChI is InChI=1S/C15H13F4N/c1-20-15(12-4-2-11(17)8-14(12)19)7-9-6-10(16)3-5-13(9)18/h2-6,8,15,20H,7H2,1H3. The minimum absolute atomic E-state index is 0.0582. The summed E-state index contributed by atoms with van der Waals surface area (Å²) in [5, 5.41) is 2.82. The van der Waals surface area contributed by atoms with E-state index in [-0.39, 0.29) is 17.5 Å². The van der Waals surface area contributed by atoms with Crippen LogP contribution in [0.4, 0.5) is 17.6 Å². The third kappa shape index (κ3) is 3.17. The Morgan fingerprint density at radius 2 is 1.55 bits per heavy atom. The maximum absolute atomic E-state index is 13.7. The maximum atomic E-state index is 13.7. The summed E-state index contributed by atoms with van der Waals surface area (Å²) in [5.74, 6) is -2.52. The van der Waals surface area contributed by atoms with Crippen molar-refractivity contribution < 1.29 is 17.6 Å². The molecule has 0 aliphatic heterocycles. The number of nitrogens with one attached hydrogen (secondary N) is 1. The van der Waals surface area contributed by atoms with Crippen LogP contribution in [0.5, 0.6) is 0 Å². The average Bonchev–Trinajstić information content (AvgIpc) is 2.40. The van der Waals surface area contributed by atoms with Crippen LogP contribution >= 0.6 is 0 Å². The second-order valence-electron chi connectivity index (χ2n) is 4.45. The molecule has 0 saturated carbocycles. The zero-order valence-corrected chi connectivity index (χ0v) is 10.8. The van der Waals surface area contributed by atoms with E-state index in [0.29, 0.717) is 0 Å². The molecule has 0 aromatic heterocycles. The predicted molar refractivity (Wildman–Crippen MR) is 68.2 cm³/mol. The molecule has 2 aromatic rings. The molecule has 1 unspecified atom stereocenters. The van der Waals surface area contributed by atoms with Crippen molar-refractivity contribution in [1.82, 2.24) is 5.32 Å². The SMILES string of the molecule is CNC(Cc1cc(F)ccc1F)c1ccc(F)cc1F. The molecule has 2 rings (SSSR count). The van der Waals surface area contributed by atoms with Crippen LogP contribution in [0.25, 0.3) is 0 Å². The predicted octanol–water partition coefficient (Wildman–Crippen LogP) is 3.75. The van der Waals surface area contributed by atoms with E-state index in [2.05, 4.69) is 5.32 Å². The Bertz CT molecular complexity index is 613.